The van der Waals surface area contributed by atoms with Crippen molar-refractivity contribution in [3.05, 3.63) is 29.6 Å². The van der Waals surface area contributed by atoms with Crippen molar-refractivity contribution in [1.82, 2.24) is 0 Å². The van der Waals surface area contributed by atoms with E-state index < -0.39 is 5.82 Å². The van der Waals surface area contributed by atoms with Crippen LogP contribution in [0.25, 0.3) is 0 Å². The number of nitrogens with zero attached hydrogens (tertiary/aromatic N) is 1. The molecule has 1 N–H and O–H groups in total. The second-order valence-electron chi connectivity index (χ2n) is 4.16. The van der Waals surface area contributed by atoms with Crippen molar-refractivity contribution in [2.24, 2.45) is 0 Å². The zero-order valence-corrected chi connectivity index (χ0v) is 9.58. The van der Waals surface area contributed by atoms with Gasteiger partial charge in [-0.15, -0.1) is 0 Å². The van der Waals surface area contributed by atoms with Crippen LogP contribution in [-0.4, -0.2) is 19.3 Å². The van der Waals surface area contributed by atoms with Crippen LogP contribution in [0.15, 0.2) is 18.2 Å². The molecule has 4 heteroatoms. The van der Waals surface area contributed by atoms with E-state index in [1.165, 1.54) is 12.1 Å². The molecule has 1 atom stereocenters. The first-order chi connectivity index (χ1) is 8.29. The third-order valence-corrected chi connectivity index (χ3v) is 2.91. The third-order valence-electron chi connectivity index (χ3n) is 2.91. The van der Waals surface area contributed by atoms with Gasteiger partial charge in [-0.2, -0.15) is 5.26 Å². The molecule has 0 bridgehead atoms. The van der Waals surface area contributed by atoms with E-state index >= 15 is 0 Å². The lowest BCUT2D eigenvalue weighted by Crippen LogP contribution is -2.12. The summed E-state index contributed by atoms with van der Waals surface area (Å²) in [4.78, 5) is 0. The second-order valence-corrected chi connectivity index (χ2v) is 4.16. The van der Waals surface area contributed by atoms with Crippen molar-refractivity contribution in [1.29, 1.82) is 5.26 Å². The smallest absolute Gasteiger partial charge is 0.143 e. The lowest BCUT2D eigenvalue weighted by Gasteiger charge is -2.11. The van der Waals surface area contributed by atoms with Crippen LogP contribution in [0.1, 0.15) is 24.8 Å². The highest BCUT2D eigenvalue weighted by atomic mass is 19.1. The van der Waals surface area contributed by atoms with Gasteiger partial charge >= 0.3 is 0 Å². The Bertz CT molecular complexity index is 422. The molecule has 1 unspecified atom stereocenters. The summed E-state index contributed by atoms with van der Waals surface area (Å²) in [6.07, 6.45) is 3.52. The van der Waals surface area contributed by atoms with Crippen LogP contribution in [0.2, 0.25) is 0 Å². The first-order valence-corrected chi connectivity index (χ1v) is 5.85. The Balaban J connectivity index is 1.82. The molecule has 1 aliphatic heterocycles. The van der Waals surface area contributed by atoms with E-state index in [0.29, 0.717) is 11.8 Å². The average Bonchev–Trinajstić information content (AvgIpc) is 2.82. The molecule has 0 radical (unpaired) electrons. The molecule has 0 spiro atoms. The van der Waals surface area contributed by atoms with Gasteiger partial charge in [0, 0.05) is 18.8 Å². The Kier molecular flexibility index (Phi) is 3.94. The number of anilines is 1. The molecule has 0 aliphatic carbocycles. The van der Waals surface area contributed by atoms with Gasteiger partial charge in [0.15, 0.2) is 0 Å². The van der Waals surface area contributed by atoms with Gasteiger partial charge in [-0.1, -0.05) is 0 Å². The normalized spacial score (nSPS) is 18.9. The summed E-state index contributed by atoms with van der Waals surface area (Å²) in [5.41, 5.74) is 0.786. The zero-order valence-electron chi connectivity index (χ0n) is 9.58. The van der Waals surface area contributed by atoms with Crippen LogP contribution in [0.5, 0.6) is 0 Å². The van der Waals surface area contributed by atoms with E-state index in [0.717, 1.165) is 32.4 Å². The maximum Gasteiger partial charge on any atom is 0.143 e. The number of benzene rings is 1. The number of nitriles is 1. The summed E-state index contributed by atoms with van der Waals surface area (Å²) in [6, 6.07) is 6.36. The highest BCUT2D eigenvalue weighted by Crippen LogP contribution is 2.17. The molecule has 1 aromatic carbocycles. The summed E-state index contributed by atoms with van der Waals surface area (Å²) in [5, 5.41) is 11.7. The largest absolute Gasteiger partial charge is 0.385 e. The van der Waals surface area contributed by atoms with Gasteiger partial charge in [-0.3, -0.25) is 0 Å². The van der Waals surface area contributed by atoms with Crippen LogP contribution >= 0.6 is 0 Å². The molecule has 17 heavy (non-hydrogen) atoms. The Labute approximate surface area is 100 Å². The van der Waals surface area contributed by atoms with Crippen molar-refractivity contribution < 1.29 is 9.13 Å². The lowest BCUT2D eigenvalue weighted by molar-refractivity contribution is 0.107. The number of rotatable bonds is 4. The van der Waals surface area contributed by atoms with Crippen LogP contribution < -0.4 is 5.32 Å². The van der Waals surface area contributed by atoms with Gasteiger partial charge in [0.05, 0.1) is 11.7 Å². The van der Waals surface area contributed by atoms with E-state index in [2.05, 4.69) is 5.32 Å². The van der Waals surface area contributed by atoms with E-state index in [1.54, 1.807) is 12.1 Å². The molecule has 1 heterocycles. The van der Waals surface area contributed by atoms with Gasteiger partial charge in [0.2, 0.25) is 0 Å². The SMILES string of the molecule is N#Cc1ccc(NCCC2CCCO2)cc1F. The first-order valence-electron chi connectivity index (χ1n) is 5.85. The van der Waals surface area contributed by atoms with E-state index in [-0.39, 0.29) is 5.56 Å². The van der Waals surface area contributed by atoms with Crippen LogP contribution in [-0.2, 0) is 4.74 Å². The quantitative estimate of drug-likeness (QED) is 0.871. The van der Waals surface area contributed by atoms with E-state index in [1.807, 2.05) is 0 Å². The molecule has 1 saturated heterocycles. The highest BCUT2D eigenvalue weighted by Gasteiger charge is 2.14. The third kappa shape index (κ3) is 3.18. The van der Waals surface area contributed by atoms with E-state index in [9.17, 15) is 4.39 Å². The Hall–Kier alpha value is -1.60. The molecule has 1 fully saturated rings. The molecular formula is C13H15FN2O. The van der Waals surface area contributed by atoms with Gasteiger partial charge in [0.25, 0.3) is 0 Å². The minimum absolute atomic E-state index is 0.0784. The molecule has 1 aromatic rings. The number of halogens is 1. The Morgan fingerprint density at radius 2 is 2.41 bits per heavy atom. The molecule has 0 aromatic heterocycles. The van der Waals surface area contributed by atoms with Crippen LogP contribution in [0.4, 0.5) is 10.1 Å². The molecule has 0 amide bonds. The van der Waals surface area contributed by atoms with Crippen LogP contribution in [0, 0.1) is 17.1 Å². The second kappa shape index (κ2) is 5.65. The van der Waals surface area contributed by atoms with Crippen molar-refractivity contribution in [2.45, 2.75) is 25.4 Å². The van der Waals surface area contributed by atoms with E-state index in [4.69, 9.17) is 10.00 Å². The number of hydrogen-bond acceptors (Lipinski definition) is 3. The topological polar surface area (TPSA) is 45.0 Å². The number of nitrogens with one attached hydrogen (secondary N) is 1. The molecular weight excluding hydrogens is 219 g/mol. The predicted octanol–water partition coefficient (Wildman–Crippen LogP) is 2.68. The number of hydrogen-bond donors (Lipinski definition) is 1. The summed E-state index contributed by atoms with van der Waals surface area (Å²) in [5.74, 6) is -0.477. The summed E-state index contributed by atoms with van der Waals surface area (Å²) in [7, 11) is 0. The van der Waals surface area contributed by atoms with Gasteiger partial charge in [-0.25, -0.2) is 4.39 Å². The lowest BCUT2D eigenvalue weighted by atomic mass is 10.1. The fraction of sp³-hybridized carbons (Fsp3) is 0.462. The molecule has 3 nitrogen and oxygen atoms in total. The number of ether oxygens (including phenoxy) is 1. The standard InChI is InChI=1S/C13H15FN2O/c14-13-8-11(4-3-10(13)9-15)16-6-5-12-2-1-7-17-12/h3-4,8,12,16H,1-2,5-7H2. The summed E-state index contributed by atoms with van der Waals surface area (Å²) < 4.78 is 18.8. The highest BCUT2D eigenvalue weighted by molar-refractivity contribution is 5.48. The minimum atomic E-state index is -0.477. The van der Waals surface area contributed by atoms with Crippen molar-refractivity contribution in [3.8, 4) is 6.07 Å². The molecule has 1 aliphatic rings. The fourth-order valence-corrected chi connectivity index (χ4v) is 1.97. The maximum absolute atomic E-state index is 13.3. The molecule has 0 saturated carbocycles. The molecule has 90 valence electrons. The van der Waals surface area contributed by atoms with Gasteiger partial charge in [0.1, 0.15) is 11.9 Å². The van der Waals surface area contributed by atoms with Crippen molar-refractivity contribution >= 4 is 5.69 Å². The fourth-order valence-electron chi connectivity index (χ4n) is 1.97. The van der Waals surface area contributed by atoms with Gasteiger partial charge < -0.3 is 10.1 Å². The molecule has 2 rings (SSSR count). The first kappa shape index (κ1) is 11.9. The summed E-state index contributed by atoms with van der Waals surface area (Å²) in [6.45, 7) is 1.62. The minimum Gasteiger partial charge on any atom is -0.385 e. The predicted molar refractivity (Wildman–Crippen MR) is 63.2 cm³/mol. The zero-order chi connectivity index (χ0) is 12.1. The monoisotopic (exact) mass is 234 g/mol. The van der Waals surface area contributed by atoms with Crippen LogP contribution in [0.3, 0.4) is 0 Å². The van der Waals surface area contributed by atoms with Crippen molar-refractivity contribution in [3.63, 3.8) is 0 Å². The Morgan fingerprint density at radius 3 is 3.06 bits per heavy atom. The maximum atomic E-state index is 13.3. The van der Waals surface area contributed by atoms with Crippen molar-refractivity contribution in [2.75, 3.05) is 18.5 Å². The summed E-state index contributed by atoms with van der Waals surface area (Å²) >= 11 is 0. The Morgan fingerprint density at radius 1 is 1.53 bits per heavy atom. The van der Waals surface area contributed by atoms with Gasteiger partial charge in [-0.05, 0) is 37.5 Å². The average molecular weight is 234 g/mol.